The normalized spacial score (nSPS) is 11.8. The van der Waals surface area contributed by atoms with Crippen LogP contribution in [0, 0.1) is 5.92 Å². The van der Waals surface area contributed by atoms with E-state index in [9.17, 15) is 4.79 Å². The second-order valence-electron chi connectivity index (χ2n) is 5.86. The first-order chi connectivity index (χ1) is 11.5. The first-order valence-corrected chi connectivity index (χ1v) is 9.55. The third-order valence-corrected chi connectivity index (χ3v) is 5.20. The molecule has 0 fully saturated rings. The van der Waals surface area contributed by atoms with Crippen molar-refractivity contribution in [1.29, 1.82) is 0 Å². The standard InChI is InChI=1S/C16H23N5OS2/c1-11(2)6-7-18-10-21(17)16-20-14(9-23-16)15-5-4-13(24-15)8-19-12(3)22/h4-5,9-11H,6-8,17H2,1-3H3,(H,19,22)/p+1. The van der Waals surface area contributed by atoms with Gasteiger partial charge in [0.2, 0.25) is 12.2 Å². The molecule has 2 aromatic heterocycles. The van der Waals surface area contributed by atoms with Gasteiger partial charge >= 0.3 is 5.13 Å². The Morgan fingerprint density at radius 3 is 2.96 bits per heavy atom. The van der Waals surface area contributed by atoms with E-state index in [1.807, 2.05) is 17.5 Å². The van der Waals surface area contributed by atoms with Crippen LogP contribution in [0.2, 0.25) is 0 Å². The van der Waals surface area contributed by atoms with E-state index >= 15 is 0 Å². The second kappa shape index (κ2) is 8.79. The van der Waals surface area contributed by atoms with E-state index in [0.717, 1.165) is 33.5 Å². The fraction of sp³-hybridized carbons (Fsp3) is 0.438. The smallest absolute Gasteiger partial charge is 0.343 e. The number of carbonyl (C=O) groups is 1. The van der Waals surface area contributed by atoms with Crippen LogP contribution >= 0.6 is 22.7 Å². The highest BCUT2D eigenvalue weighted by Crippen LogP contribution is 2.31. The number of hydrogen-bond acceptors (Lipinski definition) is 5. The van der Waals surface area contributed by atoms with Crippen LogP contribution in [0.15, 0.2) is 17.5 Å². The monoisotopic (exact) mass is 366 g/mol. The minimum atomic E-state index is -0.0276. The number of nitrogens with zero attached hydrogens (tertiary/aromatic N) is 2. The summed E-state index contributed by atoms with van der Waals surface area (Å²) in [7, 11) is 0. The van der Waals surface area contributed by atoms with Crippen LogP contribution in [0.5, 0.6) is 0 Å². The van der Waals surface area contributed by atoms with Gasteiger partial charge in [-0.05, 0) is 24.5 Å². The van der Waals surface area contributed by atoms with Gasteiger partial charge in [0.1, 0.15) is 0 Å². The highest BCUT2D eigenvalue weighted by atomic mass is 32.1. The van der Waals surface area contributed by atoms with Crippen molar-refractivity contribution < 1.29 is 9.48 Å². The maximum atomic E-state index is 11.0. The molecule has 0 saturated carbocycles. The molecule has 2 heterocycles. The van der Waals surface area contributed by atoms with E-state index in [1.165, 1.54) is 22.9 Å². The van der Waals surface area contributed by atoms with Gasteiger partial charge in [0.25, 0.3) is 0 Å². The highest BCUT2D eigenvalue weighted by molar-refractivity contribution is 7.16. The molecular weight excluding hydrogens is 342 g/mol. The van der Waals surface area contributed by atoms with E-state index in [1.54, 1.807) is 17.7 Å². The summed E-state index contributed by atoms with van der Waals surface area (Å²) in [4.78, 5) is 17.7. The van der Waals surface area contributed by atoms with Gasteiger partial charge in [0, 0.05) is 17.2 Å². The van der Waals surface area contributed by atoms with Crippen molar-refractivity contribution in [3.8, 4) is 10.6 Å². The lowest BCUT2D eigenvalue weighted by Crippen LogP contribution is -2.25. The first kappa shape index (κ1) is 18.4. The molecule has 0 unspecified atom stereocenters. The molecule has 0 aliphatic rings. The maximum absolute atomic E-state index is 11.0. The maximum Gasteiger partial charge on any atom is 0.343 e. The highest BCUT2D eigenvalue weighted by Gasteiger charge is 2.14. The molecule has 1 amide bonds. The van der Waals surface area contributed by atoms with Crippen LogP contribution in [0.1, 0.15) is 32.1 Å². The quantitative estimate of drug-likeness (QED) is 0.167. The summed E-state index contributed by atoms with van der Waals surface area (Å²) in [6.07, 6.45) is 2.85. The van der Waals surface area contributed by atoms with Crippen LogP contribution in [-0.4, -0.2) is 28.5 Å². The number of carbonyl (C=O) groups excluding carboxylic acids is 1. The minimum absolute atomic E-state index is 0.0276. The van der Waals surface area contributed by atoms with E-state index in [0.29, 0.717) is 12.5 Å². The lowest BCUT2D eigenvalue weighted by atomic mass is 10.1. The number of hydrazone groups is 1. The zero-order valence-electron chi connectivity index (χ0n) is 14.2. The molecule has 0 aliphatic carbocycles. The van der Waals surface area contributed by atoms with Gasteiger partial charge in [0.15, 0.2) is 5.69 Å². The number of thiophene rings is 1. The Hall–Kier alpha value is -1.93. The molecule has 8 heteroatoms. The lowest BCUT2D eigenvalue weighted by molar-refractivity contribution is -0.449. The van der Waals surface area contributed by atoms with Crippen molar-refractivity contribution in [2.75, 3.05) is 6.54 Å². The van der Waals surface area contributed by atoms with Gasteiger partial charge < -0.3 is 10.6 Å². The van der Waals surface area contributed by atoms with Crippen LogP contribution in [-0.2, 0) is 11.3 Å². The van der Waals surface area contributed by atoms with Gasteiger partial charge in [0.05, 0.1) is 18.0 Å². The Morgan fingerprint density at radius 2 is 2.25 bits per heavy atom. The minimum Gasteiger partial charge on any atom is -0.351 e. The number of rotatable bonds is 8. The summed E-state index contributed by atoms with van der Waals surface area (Å²) in [5.74, 6) is 6.64. The largest absolute Gasteiger partial charge is 0.351 e. The third-order valence-electron chi connectivity index (χ3n) is 3.24. The fourth-order valence-corrected chi connectivity index (χ4v) is 3.61. The SMILES string of the molecule is CC(=O)NCc1ccc(-c2csc([N+](N)=CNCCC(C)C)n2)s1. The molecule has 0 atom stereocenters. The third kappa shape index (κ3) is 5.61. The molecule has 0 saturated heterocycles. The molecule has 2 rings (SSSR count). The molecule has 4 N–H and O–H groups in total. The van der Waals surface area contributed by atoms with Crippen molar-refractivity contribution in [2.24, 2.45) is 11.8 Å². The average molecular weight is 367 g/mol. The predicted molar refractivity (Wildman–Crippen MR) is 101 cm³/mol. The van der Waals surface area contributed by atoms with Crippen LogP contribution < -0.4 is 16.5 Å². The summed E-state index contributed by atoms with van der Waals surface area (Å²) >= 11 is 3.12. The molecule has 2 aromatic rings. The van der Waals surface area contributed by atoms with Gasteiger partial charge in [-0.3, -0.25) is 10.6 Å². The Kier molecular flexibility index (Phi) is 6.74. The summed E-state index contributed by atoms with van der Waals surface area (Å²) in [6.45, 7) is 7.34. The predicted octanol–water partition coefficient (Wildman–Crippen LogP) is 2.69. The van der Waals surface area contributed by atoms with E-state index < -0.39 is 0 Å². The molecule has 0 bridgehead atoms. The number of nitrogens with one attached hydrogen (secondary N) is 2. The van der Waals surface area contributed by atoms with Gasteiger partial charge in [-0.15, -0.1) is 16.0 Å². The molecular formula is C16H24N5OS2+. The van der Waals surface area contributed by atoms with Gasteiger partial charge in [-0.25, -0.2) is 0 Å². The van der Waals surface area contributed by atoms with Crippen molar-refractivity contribution in [2.45, 2.75) is 33.7 Å². The number of thiazole rings is 1. The Labute approximate surface area is 150 Å². The van der Waals surface area contributed by atoms with Crippen LogP contribution in [0.25, 0.3) is 10.6 Å². The topological polar surface area (TPSA) is 83.0 Å². The summed E-state index contributed by atoms with van der Waals surface area (Å²) in [5, 5.41) is 8.73. The summed E-state index contributed by atoms with van der Waals surface area (Å²) < 4.78 is 1.51. The zero-order valence-corrected chi connectivity index (χ0v) is 15.8. The molecule has 0 spiro atoms. The van der Waals surface area contributed by atoms with E-state index in [4.69, 9.17) is 5.84 Å². The first-order valence-electron chi connectivity index (χ1n) is 7.85. The number of amides is 1. The van der Waals surface area contributed by atoms with E-state index in [2.05, 4.69) is 29.5 Å². The van der Waals surface area contributed by atoms with E-state index in [-0.39, 0.29) is 5.91 Å². The molecule has 0 aliphatic heterocycles. The molecule has 130 valence electrons. The van der Waals surface area contributed by atoms with Crippen molar-refractivity contribution in [1.82, 2.24) is 15.6 Å². The summed E-state index contributed by atoms with van der Waals surface area (Å²) in [6, 6.07) is 4.03. The van der Waals surface area contributed by atoms with Gasteiger partial charge in [-0.2, -0.15) is 0 Å². The Bertz CT molecular complexity index is 705. The molecule has 0 aromatic carbocycles. The fourth-order valence-electron chi connectivity index (χ4n) is 1.91. The average Bonchev–Trinajstić information content (AvgIpc) is 3.17. The lowest BCUT2D eigenvalue weighted by Gasteiger charge is -2.01. The number of hydrazine groups is 1. The Balaban J connectivity index is 1.97. The van der Waals surface area contributed by atoms with Crippen molar-refractivity contribution >= 4 is 40.1 Å². The number of nitrogens with two attached hydrogens (primary N) is 1. The van der Waals surface area contributed by atoms with Crippen LogP contribution in [0.3, 0.4) is 0 Å². The molecule has 0 radical (unpaired) electrons. The van der Waals surface area contributed by atoms with Gasteiger partial charge in [-0.1, -0.05) is 30.2 Å². The summed E-state index contributed by atoms with van der Waals surface area (Å²) in [5.41, 5.74) is 0.903. The number of hydrogen-bond donors (Lipinski definition) is 3. The zero-order chi connectivity index (χ0) is 17.5. The Morgan fingerprint density at radius 1 is 1.46 bits per heavy atom. The number of aromatic nitrogens is 1. The van der Waals surface area contributed by atoms with Crippen molar-refractivity contribution in [3.05, 3.63) is 22.4 Å². The van der Waals surface area contributed by atoms with Crippen molar-refractivity contribution in [3.63, 3.8) is 0 Å². The van der Waals surface area contributed by atoms with Crippen LogP contribution in [0.4, 0.5) is 5.13 Å². The molecule has 6 nitrogen and oxygen atoms in total. The second-order valence-corrected chi connectivity index (χ2v) is 7.87. The molecule has 24 heavy (non-hydrogen) atoms.